The van der Waals surface area contributed by atoms with Crippen LogP contribution in [0, 0.1) is 5.21 Å². The van der Waals surface area contributed by atoms with E-state index < -0.39 is 74.6 Å². The first-order chi connectivity index (χ1) is 13.7. The maximum absolute atomic E-state index is 10.4. The van der Waals surface area contributed by atoms with Crippen LogP contribution in [0.2, 0.25) is 0 Å². The third kappa shape index (κ3) is 5.99. The number of aliphatic hydroxyl groups is 7. The molecular weight excluding hydrogens is 402 g/mol. The molecule has 0 amide bonds. The molecule has 2 fully saturated rings. The second kappa shape index (κ2) is 11.2. The summed E-state index contributed by atoms with van der Waals surface area (Å²) in [6.07, 6.45) is -15.2. The van der Waals surface area contributed by atoms with Crippen molar-refractivity contribution in [3.8, 4) is 0 Å². The van der Waals surface area contributed by atoms with Gasteiger partial charge >= 0.3 is 0 Å². The lowest BCUT2D eigenvalue weighted by atomic mass is 9.97. The van der Waals surface area contributed by atoms with Gasteiger partial charge in [0.1, 0.15) is 48.8 Å². The van der Waals surface area contributed by atoms with Crippen LogP contribution in [0.3, 0.4) is 0 Å². The Morgan fingerprint density at radius 3 is 1.97 bits per heavy atom. The molecule has 2 rings (SSSR count). The third-order valence-corrected chi connectivity index (χ3v) is 4.74. The zero-order valence-corrected chi connectivity index (χ0v) is 15.4. The topological polar surface area (TPSA) is 225 Å². The Balaban J connectivity index is 2.00. The number of ether oxygens (including phenoxy) is 4. The van der Waals surface area contributed by atoms with Crippen molar-refractivity contribution >= 4 is 0 Å². The molecule has 0 spiro atoms. The largest absolute Gasteiger partial charge is 0.762 e. The number of rotatable bonds is 9. The zero-order valence-electron chi connectivity index (χ0n) is 15.4. The second-order valence-electron chi connectivity index (χ2n) is 6.80. The van der Waals surface area contributed by atoms with Gasteiger partial charge in [-0.15, -0.1) is 0 Å². The van der Waals surface area contributed by atoms with Crippen LogP contribution in [0.25, 0.3) is 0 Å². The fraction of sp³-hybridized carbons (Fsp3) is 1.00. The van der Waals surface area contributed by atoms with E-state index in [0.717, 1.165) is 0 Å². The lowest BCUT2D eigenvalue weighted by Crippen LogP contribution is -2.64. The van der Waals surface area contributed by atoms with Crippen molar-refractivity contribution in [2.45, 2.75) is 67.8 Å². The molecule has 29 heavy (non-hydrogen) atoms. The highest BCUT2D eigenvalue weighted by atomic mass is 16.8. The molecule has 0 aromatic heterocycles. The fourth-order valence-corrected chi connectivity index (χ4v) is 3.09. The summed E-state index contributed by atoms with van der Waals surface area (Å²) < 4.78 is 21.2. The molecule has 0 aromatic carbocycles. The molecule has 172 valence electrons. The third-order valence-electron chi connectivity index (χ3n) is 4.74. The summed E-state index contributed by atoms with van der Waals surface area (Å²) in [4.78, 5) is 0. The molecule has 2 aliphatic heterocycles. The van der Waals surface area contributed by atoms with Crippen LogP contribution in [-0.2, 0) is 18.9 Å². The van der Waals surface area contributed by atoms with Crippen molar-refractivity contribution in [2.24, 2.45) is 0 Å². The first-order valence-corrected chi connectivity index (χ1v) is 9.04. The summed E-state index contributed by atoms with van der Waals surface area (Å²) in [5.41, 5.74) is 0. The van der Waals surface area contributed by atoms with Crippen molar-refractivity contribution in [3.05, 3.63) is 5.21 Å². The Hall–Kier alpha value is -0.560. The van der Waals surface area contributed by atoms with Crippen molar-refractivity contribution in [1.82, 2.24) is 5.23 Å². The van der Waals surface area contributed by atoms with Crippen LogP contribution in [0.5, 0.6) is 0 Å². The van der Waals surface area contributed by atoms with Gasteiger partial charge in [-0.3, -0.25) is 5.23 Å². The minimum absolute atomic E-state index is 0.0945. The molecule has 0 saturated carbocycles. The van der Waals surface area contributed by atoms with E-state index in [4.69, 9.17) is 24.2 Å². The molecule has 2 aliphatic rings. The molecule has 0 aliphatic carbocycles. The molecular formula is C15H28NO13-. The predicted molar refractivity (Wildman–Crippen MR) is 88.8 cm³/mol. The van der Waals surface area contributed by atoms with Crippen LogP contribution in [0.1, 0.15) is 6.42 Å². The first-order valence-electron chi connectivity index (χ1n) is 9.04. The average molecular weight is 430 g/mol. The summed E-state index contributed by atoms with van der Waals surface area (Å²) in [6.45, 7) is -1.73. The summed E-state index contributed by atoms with van der Waals surface area (Å²) >= 11 is 0. The van der Waals surface area contributed by atoms with Crippen LogP contribution in [0.4, 0.5) is 0 Å². The average Bonchev–Trinajstić information content (AvgIpc) is 2.69. The molecule has 2 saturated heterocycles. The van der Waals surface area contributed by atoms with E-state index in [-0.39, 0.29) is 24.8 Å². The van der Waals surface area contributed by atoms with Gasteiger partial charge in [-0.25, -0.2) is 0 Å². The van der Waals surface area contributed by atoms with Crippen LogP contribution in [0.15, 0.2) is 0 Å². The molecule has 0 radical (unpaired) electrons. The van der Waals surface area contributed by atoms with Crippen molar-refractivity contribution < 1.29 is 59.9 Å². The van der Waals surface area contributed by atoms with Gasteiger partial charge in [0.2, 0.25) is 0 Å². The van der Waals surface area contributed by atoms with Gasteiger partial charge in [-0.1, -0.05) is 0 Å². The molecule has 10 atom stereocenters. The fourth-order valence-electron chi connectivity index (χ4n) is 3.09. The van der Waals surface area contributed by atoms with Gasteiger partial charge in [0, 0.05) is 6.54 Å². The molecule has 0 unspecified atom stereocenters. The standard InChI is InChI=1S/C15H28NO13/c17-4-6-8(19)9(20)11(22)15(27-6)29-13-7(5-18)28-14(12(23)10(13)21)26-3-1-2-16(24)25/h6-15,17-24H,1-5H2/q-1/t6-,7-,8-,9+,10-,11-,12-,13-,14-,15+/m1/s1. The Kier molecular flexibility index (Phi) is 9.52. The predicted octanol–water partition coefficient (Wildman–Crippen LogP) is -4.79. The number of nitrogens with zero attached hydrogens (tertiary/aromatic N) is 1. The summed E-state index contributed by atoms with van der Waals surface area (Å²) in [7, 11) is 0. The molecule has 14 heteroatoms. The normalized spacial score (nSPS) is 43.7. The molecule has 0 aromatic rings. The Labute approximate surface area is 165 Å². The lowest BCUT2D eigenvalue weighted by Gasteiger charge is -2.45. The van der Waals surface area contributed by atoms with Crippen LogP contribution in [-0.4, -0.2) is 134 Å². The van der Waals surface area contributed by atoms with Gasteiger partial charge in [0.05, 0.1) is 19.8 Å². The van der Waals surface area contributed by atoms with Gasteiger partial charge in [-0.05, 0) is 6.42 Å². The van der Waals surface area contributed by atoms with Gasteiger partial charge in [0.15, 0.2) is 12.6 Å². The molecule has 8 N–H and O–H groups in total. The van der Waals surface area contributed by atoms with Gasteiger partial charge in [0.25, 0.3) is 0 Å². The van der Waals surface area contributed by atoms with Crippen molar-refractivity contribution in [1.29, 1.82) is 0 Å². The maximum atomic E-state index is 10.4. The van der Waals surface area contributed by atoms with Crippen LogP contribution >= 0.6 is 0 Å². The number of hydrogen-bond acceptors (Lipinski definition) is 14. The summed E-state index contributed by atoms with van der Waals surface area (Å²) in [5, 5.41) is 87.6. The van der Waals surface area contributed by atoms with E-state index in [1.165, 1.54) is 0 Å². The van der Waals surface area contributed by atoms with Crippen LogP contribution < -0.4 is 0 Å². The minimum Gasteiger partial charge on any atom is -0.762 e. The second-order valence-corrected chi connectivity index (χ2v) is 6.80. The number of hydroxylamine groups is 2. The summed E-state index contributed by atoms with van der Waals surface area (Å²) in [5.74, 6) is 0. The van der Waals surface area contributed by atoms with E-state index in [1.54, 1.807) is 0 Å². The van der Waals surface area contributed by atoms with E-state index in [9.17, 15) is 41.0 Å². The zero-order chi connectivity index (χ0) is 21.7. The Morgan fingerprint density at radius 1 is 0.793 bits per heavy atom. The highest BCUT2D eigenvalue weighted by Gasteiger charge is 2.50. The van der Waals surface area contributed by atoms with E-state index in [0.29, 0.717) is 0 Å². The van der Waals surface area contributed by atoms with E-state index in [1.807, 2.05) is 0 Å². The molecule has 0 bridgehead atoms. The smallest absolute Gasteiger partial charge is 0.187 e. The van der Waals surface area contributed by atoms with E-state index in [2.05, 4.69) is 0 Å². The first kappa shape index (κ1) is 24.7. The Morgan fingerprint density at radius 2 is 1.38 bits per heavy atom. The maximum Gasteiger partial charge on any atom is 0.187 e. The van der Waals surface area contributed by atoms with Gasteiger partial charge < -0.3 is 65.1 Å². The highest BCUT2D eigenvalue weighted by molar-refractivity contribution is 4.94. The Bertz CT molecular complexity index is 481. The van der Waals surface area contributed by atoms with E-state index >= 15 is 0 Å². The SMILES string of the molecule is [O-]N(O)CCCO[C@@H]1O[C@H](CO)[C@@H](O[C@@H]2O[C@H](CO)[C@@H](O)[C@H](O)[C@H]2O)[C@H](O)[C@H]1O. The van der Waals surface area contributed by atoms with Crippen molar-refractivity contribution in [2.75, 3.05) is 26.4 Å². The molecule has 2 heterocycles. The van der Waals surface area contributed by atoms with Crippen molar-refractivity contribution in [3.63, 3.8) is 0 Å². The molecule has 14 nitrogen and oxygen atoms in total. The monoisotopic (exact) mass is 430 g/mol. The highest BCUT2D eigenvalue weighted by Crippen LogP contribution is 2.29. The summed E-state index contributed by atoms with van der Waals surface area (Å²) in [6, 6.07) is 0. The number of aliphatic hydroxyl groups excluding tert-OH is 7. The number of hydrogen-bond donors (Lipinski definition) is 8. The minimum atomic E-state index is -1.75. The van der Waals surface area contributed by atoms with Gasteiger partial charge in [-0.2, -0.15) is 0 Å². The quantitative estimate of drug-likeness (QED) is 0.127. The lowest BCUT2D eigenvalue weighted by molar-refractivity contribution is -0.359.